The fourth-order valence-electron chi connectivity index (χ4n) is 1.20. The second-order valence-corrected chi connectivity index (χ2v) is 3.97. The molecule has 0 spiro atoms. The van der Waals surface area contributed by atoms with Gasteiger partial charge in [-0.3, -0.25) is 0 Å². The van der Waals surface area contributed by atoms with Crippen molar-refractivity contribution in [2.24, 2.45) is 0 Å². The molecule has 1 aromatic carbocycles. The van der Waals surface area contributed by atoms with Gasteiger partial charge in [-0.25, -0.2) is 4.98 Å². The summed E-state index contributed by atoms with van der Waals surface area (Å²) in [5.74, 6) is 0. The molecule has 0 aliphatic carbocycles. The van der Waals surface area contributed by atoms with Crippen molar-refractivity contribution in [1.29, 1.82) is 0 Å². The van der Waals surface area contributed by atoms with Crippen LogP contribution >= 0.6 is 27.5 Å². The third kappa shape index (κ3) is 1.97. The summed E-state index contributed by atoms with van der Waals surface area (Å²) in [6, 6.07) is 12.8. The van der Waals surface area contributed by atoms with Crippen LogP contribution in [0, 0.1) is 6.07 Å². The van der Waals surface area contributed by atoms with Crippen LogP contribution in [-0.2, 0) is 0 Å². The van der Waals surface area contributed by atoms with Crippen LogP contribution in [0.1, 0.15) is 0 Å². The quantitative estimate of drug-likeness (QED) is 0.713. The SMILES string of the molecule is Clc1[c]c(-c2ccccc2Br)ccn1. The zero-order chi connectivity index (χ0) is 9.97. The fraction of sp³-hybridized carbons (Fsp3) is 0. The summed E-state index contributed by atoms with van der Waals surface area (Å²) < 4.78 is 1.03. The van der Waals surface area contributed by atoms with Crippen molar-refractivity contribution in [1.82, 2.24) is 4.98 Å². The van der Waals surface area contributed by atoms with E-state index in [9.17, 15) is 0 Å². The number of rotatable bonds is 1. The van der Waals surface area contributed by atoms with Crippen molar-refractivity contribution in [2.45, 2.75) is 0 Å². The number of hydrogen-bond donors (Lipinski definition) is 0. The van der Waals surface area contributed by atoms with Crippen molar-refractivity contribution < 1.29 is 0 Å². The first kappa shape index (κ1) is 9.69. The first-order chi connectivity index (χ1) is 6.77. The van der Waals surface area contributed by atoms with Gasteiger partial charge in [0.15, 0.2) is 0 Å². The van der Waals surface area contributed by atoms with Gasteiger partial charge in [0.25, 0.3) is 0 Å². The Kier molecular flexibility index (Phi) is 2.85. The van der Waals surface area contributed by atoms with Crippen molar-refractivity contribution >= 4 is 27.5 Å². The largest absolute Gasteiger partial charge is 0.244 e. The van der Waals surface area contributed by atoms with Gasteiger partial charge >= 0.3 is 0 Å². The predicted octanol–water partition coefficient (Wildman–Crippen LogP) is 3.96. The fourth-order valence-corrected chi connectivity index (χ4v) is 1.86. The van der Waals surface area contributed by atoms with Crippen LogP contribution in [0.3, 0.4) is 0 Å². The van der Waals surface area contributed by atoms with Gasteiger partial charge in [-0.05, 0) is 23.3 Å². The summed E-state index contributed by atoms with van der Waals surface area (Å²) >= 11 is 9.24. The molecule has 1 heterocycles. The maximum Gasteiger partial charge on any atom is 0.137 e. The standard InChI is InChI=1S/C11H6BrClN/c12-10-4-2-1-3-9(10)8-5-6-14-11(13)7-8/h1-6H. The molecular weight excluding hydrogens is 261 g/mol. The van der Waals surface area contributed by atoms with Gasteiger partial charge in [-0.1, -0.05) is 45.7 Å². The van der Waals surface area contributed by atoms with Gasteiger partial charge in [-0.2, -0.15) is 0 Å². The van der Waals surface area contributed by atoms with E-state index in [1.165, 1.54) is 0 Å². The molecule has 2 aromatic rings. The number of hydrogen-bond acceptors (Lipinski definition) is 1. The third-order valence-electron chi connectivity index (χ3n) is 1.83. The van der Waals surface area contributed by atoms with E-state index in [0.29, 0.717) is 5.15 Å². The van der Waals surface area contributed by atoms with Crippen LogP contribution in [0.5, 0.6) is 0 Å². The topological polar surface area (TPSA) is 12.9 Å². The second-order valence-electron chi connectivity index (χ2n) is 2.75. The lowest BCUT2D eigenvalue weighted by molar-refractivity contribution is 1.32. The summed E-state index contributed by atoms with van der Waals surface area (Å²) in [6.45, 7) is 0. The Balaban J connectivity index is 2.55. The highest BCUT2D eigenvalue weighted by Gasteiger charge is 2.02. The molecule has 1 nitrogen and oxygen atoms in total. The van der Waals surface area contributed by atoms with E-state index in [2.05, 4.69) is 27.0 Å². The number of nitrogens with zero attached hydrogens (tertiary/aromatic N) is 1. The molecule has 0 aliphatic rings. The molecule has 0 atom stereocenters. The molecule has 3 heteroatoms. The van der Waals surface area contributed by atoms with E-state index < -0.39 is 0 Å². The maximum absolute atomic E-state index is 5.77. The average Bonchev–Trinajstić information content (AvgIpc) is 2.18. The molecule has 0 saturated heterocycles. The lowest BCUT2D eigenvalue weighted by Crippen LogP contribution is -1.81. The summed E-state index contributed by atoms with van der Waals surface area (Å²) in [4.78, 5) is 3.89. The smallest absolute Gasteiger partial charge is 0.137 e. The Morgan fingerprint density at radius 1 is 1.21 bits per heavy atom. The number of pyridine rings is 1. The Morgan fingerprint density at radius 2 is 2.00 bits per heavy atom. The Hall–Kier alpha value is -0.860. The summed E-state index contributed by atoms with van der Waals surface area (Å²) in [6.07, 6.45) is 1.67. The van der Waals surface area contributed by atoms with Gasteiger partial charge in [0, 0.05) is 16.7 Å². The van der Waals surface area contributed by atoms with E-state index in [0.717, 1.165) is 15.6 Å². The molecule has 0 N–H and O–H groups in total. The van der Waals surface area contributed by atoms with Crippen LogP contribution < -0.4 is 0 Å². The van der Waals surface area contributed by atoms with E-state index in [1.54, 1.807) is 6.20 Å². The average molecular weight is 268 g/mol. The van der Waals surface area contributed by atoms with Crippen LogP contribution in [-0.4, -0.2) is 4.98 Å². The van der Waals surface area contributed by atoms with E-state index in [-0.39, 0.29) is 0 Å². The molecule has 0 saturated carbocycles. The number of aromatic nitrogens is 1. The monoisotopic (exact) mass is 266 g/mol. The molecule has 14 heavy (non-hydrogen) atoms. The van der Waals surface area contributed by atoms with Gasteiger partial charge < -0.3 is 0 Å². The molecule has 1 radical (unpaired) electrons. The lowest BCUT2D eigenvalue weighted by Gasteiger charge is -2.03. The van der Waals surface area contributed by atoms with Crippen LogP contribution in [0.25, 0.3) is 11.1 Å². The van der Waals surface area contributed by atoms with Gasteiger partial charge in [0.1, 0.15) is 5.15 Å². The highest BCUT2D eigenvalue weighted by molar-refractivity contribution is 9.10. The molecule has 0 aliphatic heterocycles. The molecular formula is C11H6BrClN. The molecule has 0 amide bonds. The summed E-state index contributed by atoms with van der Waals surface area (Å²) in [7, 11) is 0. The van der Waals surface area contributed by atoms with E-state index >= 15 is 0 Å². The number of halogens is 2. The van der Waals surface area contributed by atoms with Crippen molar-refractivity contribution in [3.05, 3.63) is 52.2 Å². The minimum Gasteiger partial charge on any atom is -0.244 e. The van der Waals surface area contributed by atoms with Crippen LogP contribution in [0.15, 0.2) is 41.0 Å². The molecule has 0 bridgehead atoms. The lowest BCUT2D eigenvalue weighted by atomic mass is 10.1. The Labute approximate surface area is 95.9 Å². The normalized spacial score (nSPS) is 10.1. The summed E-state index contributed by atoms with van der Waals surface area (Å²) in [5.41, 5.74) is 2.01. The predicted molar refractivity (Wildman–Crippen MR) is 61.2 cm³/mol. The maximum atomic E-state index is 5.77. The van der Waals surface area contributed by atoms with Crippen molar-refractivity contribution in [3.8, 4) is 11.1 Å². The Morgan fingerprint density at radius 3 is 2.71 bits per heavy atom. The minimum atomic E-state index is 0.387. The second kappa shape index (κ2) is 4.11. The highest BCUT2D eigenvalue weighted by atomic mass is 79.9. The van der Waals surface area contributed by atoms with E-state index in [4.69, 9.17) is 11.6 Å². The number of benzene rings is 1. The first-order valence-corrected chi connectivity index (χ1v) is 5.23. The molecule has 0 fully saturated rings. The third-order valence-corrected chi connectivity index (χ3v) is 2.71. The Bertz CT molecular complexity index is 457. The summed E-state index contributed by atoms with van der Waals surface area (Å²) in [5, 5.41) is 0.387. The van der Waals surface area contributed by atoms with E-state index in [1.807, 2.05) is 30.3 Å². The zero-order valence-electron chi connectivity index (χ0n) is 7.17. The minimum absolute atomic E-state index is 0.387. The molecule has 69 valence electrons. The molecule has 1 aromatic heterocycles. The van der Waals surface area contributed by atoms with Gasteiger partial charge in [0.2, 0.25) is 0 Å². The van der Waals surface area contributed by atoms with Gasteiger partial charge in [0.05, 0.1) is 0 Å². The highest BCUT2D eigenvalue weighted by Crippen LogP contribution is 2.27. The zero-order valence-corrected chi connectivity index (χ0v) is 9.51. The van der Waals surface area contributed by atoms with Crippen molar-refractivity contribution in [3.63, 3.8) is 0 Å². The first-order valence-electron chi connectivity index (χ1n) is 4.06. The van der Waals surface area contributed by atoms with Gasteiger partial charge in [-0.15, -0.1) is 0 Å². The van der Waals surface area contributed by atoms with Crippen LogP contribution in [0.4, 0.5) is 0 Å². The van der Waals surface area contributed by atoms with Crippen LogP contribution in [0.2, 0.25) is 5.15 Å². The van der Waals surface area contributed by atoms with Crippen molar-refractivity contribution in [2.75, 3.05) is 0 Å². The molecule has 0 unspecified atom stereocenters. The molecule has 2 rings (SSSR count).